The van der Waals surface area contributed by atoms with Crippen LogP contribution >= 0.6 is 0 Å². The first kappa shape index (κ1) is 12.8. The molecule has 0 saturated carbocycles. The van der Waals surface area contributed by atoms with E-state index in [0.29, 0.717) is 23.8 Å². The summed E-state index contributed by atoms with van der Waals surface area (Å²) in [4.78, 5) is 16.2. The molecule has 2 rings (SSSR count). The van der Waals surface area contributed by atoms with Crippen molar-refractivity contribution in [2.24, 2.45) is 5.92 Å². The van der Waals surface area contributed by atoms with Crippen LogP contribution in [-0.2, 0) is 4.74 Å². The van der Waals surface area contributed by atoms with E-state index in [1.54, 1.807) is 25.4 Å². The monoisotopic (exact) mass is 249 g/mol. The average molecular weight is 249 g/mol. The number of hydrogen-bond acceptors (Lipinski definition) is 4. The van der Waals surface area contributed by atoms with Gasteiger partial charge in [0, 0.05) is 32.3 Å². The topological polar surface area (TPSA) is 63.2 Å². The van der Waals surface area contributed by atoms with Crippen LogP contribution in [0.1, 0.15) is 23.7 Å². The fourth-order valence-corrected chi connectivity index (χ4v) is 2.15. The lowest BCUT2D eigenvalue weighted by Crippen LogP contribution is -2.32. The molecule has 0 bridgehead atoms. The molecule has 5 heteroatoms. The first-order valence-corrected chi connectivity index (χ1v) is 6.25. The summed E-state index contributed by atoms with van der Waals surface area (Å²) in [6.45, 7) is 3.49. The Bertz CT molecular complexity index is 422. The highest BCUT2D eigenvalue weighted by Gasteiger charge is 2.24. The Morgan fingerprint density at radius 2 is 2.44 bits per heavy atom. The molecular weight excluding hydrogens is 230 g/mol. The molecule has 2 N–H and O–H groups in total. The Morgan fingerprint density at radius 3 is 3.11 bits per heavy atom. The average Bonchev–Trinajstić information content (AvgIpc) is 2.81. The molecule has 1 aliphatic heterocycles. The number of amides is 1. The van der Waals surface area contributed by atoms with Gasteiger partial charge in [0.05, 0.1) is 11.7 Å². The first-order valence-electron chi connectivity index (χ1n) is 6.25. The highest BCUT2D eigenvalue weighted by atomic mass is 16.5. The van der Waals surface area contributed by atoms with Crippen molar-refractivity contribution >= 4 is 11.7 Å². The maximum absolute atomic E-state index is 12.1. The standard InChI is InChI=1S/C13H19N3O2/c1-9-10(5-7-18-9)8-16-13(17)11-4-3-6-15-12(11)14-2/h3-4,6,9-10H,5,7-8H2,1-2H3,(H,14,15)(H,16,17). The molecule has 1 saturated heterocycles. The minimum Gasteiger partial charge on any atom is -0.378 e. The van der Waals surface area contributed by atoms with Gasteiger partial charge in [0.15, 0.2) is 0 Å². The Balaban J connectivity index is 1.95. The van der Waals surface area contributed by atoms with E-state index in [1.165, 1.54) is 0 Å². The summed E-state index contributed by atoms with van der Waals surface area (Å²) in [7, 11) is 1.76. The van der Waals surface area contributed by atoms with Gasteiger partial charge >= 0.3 is 0 Å². The lowest BCUT2D eigenvalue weighted by molar-refractivity contribution is 0.0908. The zero-order valence-electron chi connectivity index (χ0n) is 10.8. The SMILES string of the molecule is CNc1ncccc1C(=O)NCC1CCOC1C. The van der Waals surface area contributed by atoms with Crippen LogP contribution in [0.5, 0.6) is 0 Å². The van der Waals surface area contributed by atoms with Gasteiger partial charge in [-0.15, -0.1) is 0 Å². The highest BCUT2D eigenvalue weighted by molar-refractivity contribution is 5.98. The van der Waals surface area contributed by atoms with Gasteiger partial charge in [-0.25, -0.2) is 4.98 Å². The van der Waals surface area contributed by atoms with Crippen molar-refractivity contribution < 1.29 is 9.53 Å². The lowest BCUT2D eigenvalue weighted by Gasteiger charge is -2.15. The third kappa shape index (κ3) is 2.79. The molecule has 0 aromatic carbocycles. The zero-order valence-corrected chi connectivity index (χ0v) is 10.8. The quantitative estimate of drug-likeness (QED) is 0.843. The zero-order chi connectivity index (χ0) is 13.0. The van der Waals surface area contributed by atoms with Crippen molar-refractivity contribution in [1.29, 1.82) is 0 Å². The molecule has 2 heterocycles. The van der Waals surface area contributed by atoms with E-state index >= 15 is 0 Å². The Hall–Kier alpha value is -1.62. The molecule has 1 aromatic heterocycles. The lowest BCUT2D eigenvalue weighted by atomic mass is 10.0. The van der Waals surface area contributed by atoms with Gasteiger partial charge in [0.2, 0.25) is 0 Å². The summed E-state index contributed by atoms with van der Waals surface area (Å²) < 4.78 is 5.47. The summed E-state index contributed by atoms with van der Waals surface area (Å²) in [6, 6.07) is 3.53. The van der Waals surface area contributed by atoms with Crippen molar-refractivity contribution in [1.82, 2.24) is 10.3 Å². The number of ether oxygens (including phenoxy) is 1. The van der Waals surface area contributed by atoms with Gasteiger partial charge in [-0.1, -0.05) is 0 Å². The second kappa shape index (κ2) is 5.82. The second-order valence-electron chi connectivity index (χ2n) is 4.48. The molecule has 0 radical (unpaired) electrons. The molecule has 1 aromatic rings. The summed E-state index contributed by atoms with van der Waals surface area (Å²) >= 11 is 0. The third-order valence-electron chi connectivity index (χ3n) is 3.35. The van der Waals surface area contributed by atoms with E-state index in [1.807, 2.05) is 6.92 Å². The van der Waals surface area contributed by atoms with Crippen LogP contribution in [0, 0.1) is 5.92 Å². The number of pyridine rings is 1. The number of rotatable bonds is 4. The minimum absolute atomic E-state index is 0.0912. The van der Waals surface area contributed by atoms with Crippen LogP contribution in [0.3, 0.4) is 0 Å². The van der Waals surface area contributed by atoms with E-state index in [4.69, 9.17) is 4.74 Å². The molecule has 2 unspecified atom stereocenters. The molecule has 1 fully saturated rings. The van der Waals surface area contributed by atoms with E-state index in [9.17, 15) is 4.79 Å². The van der Waals surface area contributed by atoms with Crippen LogP contribution in [0.4, 0.5) is 5.82 Å². The van der Waals surface area contributed by atoms with Gasteiger partial charge in [-0.2, -0.15) is 0 Å². The molecular formula is C13H19N3O2. The van der Waals surface area contributed by atoms with Gasteiger partial charge in [0.25, 0.3) is 5.91 Å². The number of carbonyl (C=O) groups excluding carboxylic acids is 1. The summed E-state index contributed by atoms with van der Waals surface area (Å²) in [6.07, 6.45) is 2.89. The maximum Gasteiger partial charge on any atom is 0.255 e. The van der Waals surface area contributed by atoms with E-state index in [-0.39, 0.29) is 12.0 Å². The van der Waals surface area contributed by atoms with E-state index < -0.39 is 0 Å². The minimum atomic E-state index is -0.0912. The Kier molecular flexibility index (Phi) is 4.15. The van der Waals surface area contributed by atoms with E-state index in [2.05, 4.69) is 15.6 Å². The molecule has 0 spiro atoms. The van der Waals surface area contributed by atoms with Crippen LogP contribution in [0.2, 0.25) is 0 Å². The largest absolute Gasteiger partial charge is 0.378 e. The molecule has 5 nitrogen and oxygen atoms in total. The molecule has 18 heavy (non-hydrogen) atoms. The molecule has 1 amide bonds. The second-order valence-corrected chi connectivity index (χ2v) is 4.48. The van der Waals surface area contributed by atoms with E-state index in [0.717, 1.165) is 13.0 Å². The predicted octanol–water partition coefficient (Wildman–Crippen LogP) is 1.28. The van der Waals surface area contributed by atoms with Gasteiger partial charge in [-0.3, -0.25) is 4.79 Å². The predicted molar refractivity (Wildman–Crippen MR) is 69.6 cm³/mol. The molecule has 1 aliphatic rings. The first-order chi connectivity index (χ1) is 8.72. The number of aromatic nitrogens is 1. The maximum atomic E-state index is 12.1. The van der Waals surface area contributed by atoms with Gasteiger partial charge in [0.1, 0.15) is 5.82 Å². The van der Waals surface area contributed by atoms with Crippen LogP contribution in [-0.4, -0.2) is 37.2 Å². The van der Waals surface area contributed by atoms with Crippen molar-refractivity contribution in [2.45, 2.75) is 19.4 Å². The van der Waals surface area contributed by atoms with Gasteiger partial charge in [-0.05, 0) is 25.5 Å². The fourth-order valence-electron chi connectivity index (χ4n) is 2.15. The van der Waals surface area contributed by atoms with Crippen molar-refractivity contribution in [2.75, 3.05) is 25.5 Å². The van der Waals surface area contributed by atoms with Crippen molar-refractivity contribution in [3.63, 3.8) is 0 Å². The van der Waals surface area contributed by atoms with Crippen LogP contribution < -0.4 is 10.6 Å². The smallest absolute Gasteiger partial charge is 0.255 e. The molecule has 2 atom stereocenters. The fraction of sp³-hybridized carbons (Fsp3) is 0.538. The van der Waals surface area contributed by atoms with Crippen LogP contribution in [0.15, 0.2) is 18.3 Å². The molecule has 98 valence electrons. The number of hydrogen-bond donors (Lipinski definition) is 2. The summed E-state index contributed by atoms with van der Waals surface area (Å²) in [5.41, 5.74) is 0.576. The number of carbonyl (C=O) groups is 1. The summed E-state index contributed by atoms with van der Waals surface area (Å²) in [5.74, 6) is 0.918. The van der Waals surface area contributed by atoms with Crippen molar-refractivity contribution in [3.05, 3.63) is 23.9 Å². The normalized spacial score (nSPS) is 22.8. The number of anilines is 1. The third-order valence-corrected chi connectivity index (χ3v) is 3.35. The van der Waals surface area contributed by atoms with Gasteiger partial charge < -0.3 is 15.4 Å². The van der Waals surface area contributed by atoms with Crippen LogP contribution in [0.25, 0.3) is 0 Å². The Labute approximate surface area is 107 Å². The highest BCUT2D eigenvalue weighted by Crippen LogP contribution is 2.19. The number of nitrogens with zero attached hydrogens (tertiary/aromatic N) is 1. The molecule has 0 aliphatic carbocycles. The summed E-state index contributed by atoms with van der Waals surface area (Å²) in [5, 5.41) is 5.86. The Morgan fingerprint density at radius 1 is 1.61 bits per heavy atom. The number of nitrogens with one attached hydrogen (secondary N) is 2. The van der Waals surface area contributed by atoms with Crippen molar-refractivity contribution in [3.8, 4) is 0 Å².